The minimum Gasteiger partial charge on any atom is -0.493 e. The summed E-state index contributed by atoms with van der Waals surface area (Å²) in [5, 5.41) is 0. The third-order valence-corrected chi connectivity index (χ3v) is 5.08. The van der Waals surface area contributed by atoms with Crippen LogP contribution in [0.4, 0.5) is 0 Å². The smallest absolute Gasteiger partial charge is 0.253 e. The molecule has 5 heteroatoms. The number of nitrogens with zero attached hydrogens (tertiary/aromatic N) is 1. The summed E-state index contributed by atoms with van der Waals surface area (Å²) in [7, 11) is 0. The molecule has 1 fully saturated rings. The van der Waals surface area contributed by atoms with Crippen molar-refractivity contribution in [1.29, 1.82) is 0 Å². The Morgan fingerprint density at radius 1 is 1.11 bits per heavy atom. The molecule has 0 aromatic heterocycles. The fraction of sp³-hybridized carbons (Fsp3) is 0.364. The minimum absolute atomic E-state index is 0.0109. The molecule has 5 nitrogen and oxygen atoms in total. The number of likely N-dealkylation sites (tertiary alicyclic amines) is 1. The number of aryl methyl sites for hydroxylation is 1. The first-order chi connectivity index (χ1) is 13.0. The second-order valence-electron chi connectivity index (χ2n) is 7.44. The fourth-order valence-electron chi connectivity index (χ4n) is 3.70. The Morgan fingerprint density at radius 2 is 1.81 bits per heavy atom. The lowest BCUT2D eigenvalue weighted by Crippen LogP contribution is -2.50. The maximum Gasteiger partial charge on any atom is 0.253 e. The molecule has 2 aromatic carbocycles. The number of para-hydroxylation sites is 1. The standard InChI is InChI=1S/C22H26N2O3/c1-17-8-10-18(11-9-17)21(26)24-13-5-12-22(15-24,14-20(23)25)16-27-19-6-3-2-4-7-19/h2-4,6-11H,5,12-16H2,1H3,(H2,23,25)/t22-/m0/s1. The van der Waals surface area contributed by atoms with Gasteiger partial charge in [0.25, 0.3) is 5.91 Å². The molecule has 0 bridgehead atoms. The number of hydrogen-bond donors (Lipinski definition) is 1. The minimum atomic E-state index is -0.458. The van der Waals surface area contributed by atoms with Crippen LogP contribution in [0.2, 0.25) is 0 Å². The van der Waals surface area contributed by atoms with E-state index in [0.717, 1.165) is 24.2 Å². The number of ether oxygens (including phenoxy) is 1. The van der Waals surface area contributed by atoms with Crippen LogP contribution < -0.4 is 10.5 Å². The summed E-state index contributed by atoms with van der Waals surface area (Å²) in [5.41, 5.74) is 6.85. The van der Waals surface area contributed by atoms with E-state index in [4.69, 9.17) is 10.5 Å². The molecule has 1 aliphatic rings. The van der Waals surface area contributed by atoms with Crippen LogP contribution in [0, 0.1) is 12.3 Å². The molecule has 27 heavy (non-hydrogen) atoms. The Hall–Kier alpha value is -2.82. The van der Waals surface area contributed by atoms with Gasteiger partial charge in [-0.2, -0.15) is 0 Å². The molecular formula is C22H26N2O3. The van der Waals surface area contributed by atoms with E-state index in [1.807, 2.05) is 66.4 Å². The number of primary amides is 1. The molecule has 1 atom stereocenters. The van der Waals surface area contributed by atoms with Crippen molar-refractivity contribution in [3.8, 4) is 5.75 Å². The number of nitrogens with two attached hydrogens (primary N) is 1. The van der Waals surface area contributed by atoms with E-state index in [1.165, 1.54) is 0 Å². The molecule has 2 amide bonds. The van der Waals surface area contributed by atoms with Gasteiger partial charge in [0.15, 0.2) is 0 Å². The van der Waals surface area contributed by atoms with Crippen LogP contribution in [-0.4, -0.2) is 36.4 Å². The van der Waals surface area contributed by atoms with Crippen molar-refractivity contribution in [3.05, 3.63) is 65.7 Å². The highest BCUT2D eigenvalue weighted by Crippen LogP contribution is 2.35. The van der Waals surface area contributed by atoms with E-state index >= 15 is 0 Å². The van der Waals surface area contributed by atoms with E-state index in [1.54, 1.807) is 0 Å². The zero-order valence-electron chi connectivity index (χ0n) is 15.7. The van der Waals surface area contributed by atoms with Gasteiger partial charge in [0.2, 0.25) is 5.91 Å². The van der Waals surface area contributed by atoms with Crippen LogP contribution >= 0.6 is 0 Å². The predicted molar refractivity (Wildman–Crippen MR) is 104 cm³/mol. The Balaban J connectivity index is 1.75. The largest absolute Gasteiger partial charge is 0.493 e. The predicted octanol–water partition coefficient (Wildman–Crippen LogP) is 3.17. The average molecular weight is 366 g/mol. The topological polar surface area (TPSA) is 72.6 Å². The second-order valence-corrected chi connectivity index (χ2v) is 7.44. The Kier molecular flexibility index (Phi) is 5.79. The highest BCUT2D eigenvalue weighted by molar-refractivity contribution is 5.94. The molecule has 0 aliphatic carbocycles. The van der Waals surface area contributed by atoms with Gasteiger partial charge in [-0.25, -0.2) is 0 Å². The third-order valence-electron chi connectivity index (χ3n) is 5.08. The van der Waals surface area contributed by atoms with Gasteiger partial charge in [0, 0.05) is 30.5 Å². The quantitative estimate of drug-likeness (QED) is 0.853. The summed E-state index contributed by atoms with van der Waals surface area (Å²) >= 11 is 0. The van der Waals surface area contributed by atoms with E-state index in [-0.39, 0.29) is 18.2 Å². The SMILES string of the molecule is Cc1ccc(C(=O)N2CCC[C@](COc3ccccc3)(CC(N)=O)C2)cc1. The van der Waals surface area contributed by atoms with Crippen LogP contribution in [0.3, 0.4) is 0 Å². The summed E-state index contributed by atoms with van der Waals surface area (Å²) < 4.78 is 5.95. The number of carbonyl (C=O) groups is 2. The van der Waals surface area contributed by atoms with Gasteiger partial charge in [-0.3, -0.25) is 9.59 Å². The van der Waals surface area contributed by atoms with Gasteiger partial charge in [0.05, 0.1) is 6.61 Å². The number of hydrogen-bond acceptors (Lipinski definition) is 3. The molecule has 2 aromatic rings. The number of benzene rings is 2. The van der Waals surface area contributed by atoms with Gasteiger partial charge in [0.1, 0.15) is 5.75 Å². The Morgan fingerprint density at radius 3 is 2.48 bits per heavy atom. The Labute approximate surface area is 160 Å². The van der Waals surface area contributed by atoms with Crippen molar-refractivity contribution in [1.82, 2.24) is 4.90 Å². The summed E-state index contributed by atoms with van der Waals surface area (Å²) in [6.07, 6.45) is 1.83. The molecule has 3 rings (SSSR count). The fourth-order valence-corrected chi connectivity index (χ4v) is 3.70. The molecule has 0 unspecified atom stereocenters. The number of rotatable bonds is 6. The molecular weight excluding hydrogens is 340 g/mol. The van der Waals surface area contributed by atoms with E-state index in [0.29, 0.717) is 25.3 Å². The molecule has 0 spiro atoms. The summed E-state index contributed by atoms with van der Waals surface area (Å²) in [4.78, 5) is 26.5. The van der Waals surface area contributed by atoms with Gasteiger partial charge in [-0.1, -0.05) is 35.9 Å². The molecule has 1 saturated heterocycles. The maximum atomic E-state index is 12.9. The zero-order chi connectivity index (χ0) is 19.3. The molecule has 0 saturated carbocycles. The van der Waals surface area contributed by atoms with E-state index in [9.17, 15) is 9.59 Å². The maximum absolute atomic E-state index is 12.9. The molecule has 0 radical (unpaired) electrons. The second kappa shape index (κ2) is 8.25. The highest BCUT2D eigenvalue weighted by atomic mass is 16.5. The van der Waals surface area contributed by atoms with Crippen LogP contribution in [0.1, 0.15) is 35.2 Å². The lowest BCUT2D eigenvalue weighted by atomic mass is 9.77. The third kappa shape index (κ3) is 4.88. The lowest BCUT2D eigenvalue weighted by molar-refractivity contribution is -0.122. The van der Waals surface area contributed by atoms with E-state index < -0.39 is 5.41 Å². The molecule has 142 valence electrons. The van der Waals surface area contributed by atoms with Crippen molar-refractivity contribution in [2.75, 3.05) is 19.7 Å². The van der Waals surface area contributed by atoms with Gasteiger partial charge in [-0.05, 0) is 44.0 Å². The van der Waals surface area contributed by atoms with Crippen molar-refractivity contribution in [2.45, 2.75) is 26.2 Å². The van der Waals surface area contributed by atoms with Gasteiger partial charge >= 0.3 is 0 Å². The number of carbonyl (C=O) groups excluding carboxylic acids is 2. The van der Waals surface area contributed by atoms with Gasteiger partial charge < -0.3 is 15.4 Å². The van der Waals surface area contributed by atoms with Crippen LogP contribution in [0.5, 0.6) is 5.75 Å². The first kappa shape index (κ1) is 19.0. The van der Waals surface area contributed by atoms with Gasteiger partial charge in [-0.15, -0.1) is 0 Å². The zero-order valence-corrected chi connectivity index (χ0v) is 15.7. The normalized spacial score (nSPS) is 19.5. The summed E-state index contributed by atoms with van der Waals surface area (Å²) in [5.74, 6) is 0.378. The average Bonchev–Trinajstić information content (AvgIpc) is 2.67. The summed E-state index contributed by atoms with van der Waals surface area (Å²) in [6.45, 7) is 3.50. The van der Waals surface area contributed by atoms with Crippen LogP contribution in [-0.2, 0) is 4.79 Å². The lowest BCUT2D eigenvalue weighted by Gasteiger charge is -2.42. The Bertz CT molecular complexity index is 789. The van der Waals surface area contributed by atoms with Crippen LogP contribution in [0.25, 0.3) is 0 Å². The monoisotopic (exact) mass is 366 g/mol. The highest BCUT2D eigenvalue weighted by Gasteiger charge is 2.39. The van der Waals surface area contributed by atoms with Crippen molar-refractivity contribution in [2.24, 2.45) is 11.1 Å². The molecule has 1 heterocycles. The van der Waals surface area contributed by atoms with E-state index in [2.05, 4.69) is 0 Å². The van der Waals surface area contributed by atoms with Crippen molar-refractivity contribution < 1.29 is 14.3 Å². The van der Waals surface area contributed by atoms with Crippen LogP contribution in [0.15, 0.2) is 54.6 Å². The first-order valence-corrected chi connectivity index (χ1v) is 9.30. The molecule has 2 N–H and O–H groups in total. The molecule has 1 aliphatic heterocycles. The first-order valence-electron chi connectivity index (χ1n) is 9.30. The number of amides is 2. The number of piperidine rings is 1. The van der Waals surface area contributed by atoms with Crippen molar-refractivity contribution in [3.63, 3.8) is 0 Å². The van der Waals surface area contributed by atoms with Crippen molar-refractivity contribution >= 4 is 11.8 Å². The summed E-state index contributed by atoms with van der Waals surface area (Å²) in [6, 6.07) is 17.1.